The van der Waals surface area contributed by atoms with E-state index in [1.54, 1.807) is 30.3 Å². The van der Waals surface area contributed by atoms with Crippen molar-refractivity contribution in [2.75, 3.05) is 5.32 Å². The van der Waals surface area contributed by atoms with Gasteiger partial charge in [0.2, 0.25) is 0 Å². The van der Waals surface area contributed by atoms with Crippen LogP contribution in [-0.4, -0.2) is 18.0 Å². The van der Waals surface area contributed by atoms with Crippen LogP contribution in [0.25, 0.3) is 0 Å². The molecule has 0 unspecified atom stereocenters. The molecule has 0 aliphatic rings. The van der Waals surface area contributed by atoms with Crippen molar-refractivity contribution in [3.05, 3.63) is 64.9 Å². The first kappa shape index (κ1) is 17.0. The maximum Gasteiger partial charge on any atom is 0.311 e. The molecule has 0 spiro atoms. The quantitative estimate of drug-likeness (QED) is 0.849. The molecule has 1 amide bonds. The van der Waals surface area contributed by atoms with E-state index in [0.29, 0.717) is 10.7 Å². The molecule has 0 fully saturated rings. The first-order valence-electron chi connectivity index (χ1n) is 6.95. The Kier molecular flexibility index (Phi) is 5.71. The van der Waals surface area contributed by atoms with Gasteiger partial charge in [0, 0.05) is 10.7 Å². The predicted molar refractivity (Wildman–Crippen MR) is 85.7 cm³/mol. The van der Waals surface area contributed by atoms with Gasteiger partial charge in [-0.25, -0.2) is 4.39 Å². The summed E-state index contributed by atoms with van der Waals surface area (Å²) >= 11 is 5.83. The van der Waals surface area contributed by atoms with Crippen molar-refractivity contribution in [1.82, 2.24) is 0 Å². The Hall–Kier alpha value is -2.40. The second-order valence-electron chi connectivity index (χ2n) is 4.90. The van der Waals surface area contributed by atoms with E-state index in [9.17, 15) is 14.0 Å². The summed E-state index contributed by atoms with van der Waals surface area (Å²) in [4.78, 5) is 23.8. The summed E-state index contributed by atoms with van der Waals surface area (Å²) < 4.78 is 18.5. The van der Waals surface area contributed by atoms with Gasteiger partial charge in [-0.15, -0.1) is 0 Å². The van der Waals surface area contributed by atoms with Gasteiger partial charge in [-0.3, -0.25) is 9.59 Å². The highest BCUT2D eigenvalue weighted by molar-refractivity contribution is 6.30. The number of anilines is 1. The van der Waals surface area contributed by atoms with Crippen LogP contribution in [0.1, 0.15) is 12.5 Å². The highest BCUT2D eigenvalue weighted by Crippen LogP contribution is 2.15. The molecule has 1 atom stereocenters. The van der Waals surface area contributed by atoms with E-state index < -0.39 is 23.8 Å². The van der Waals surface area contributed by atoms with Gasteiger partial charge in [-0.05, 0) is 36.8 Å². The maximum absolute atomic E-state index is 13.5. The van der Waals surface area contributed by atoms with E-state index in [1.165, 1.54) is 25.1 Å². The van der Waals surface area contributed by atoms with Crippen LogP contribution in [0.3, 0.4) is 0 Å². The molecule has 2 aromatic carbocycles. The fourth-order valence-electron chi connectivity index (χ4n) is 1.90. The third kappa shape index (κ3) is 5.07. The van der Waals surface area contributed by atoms with Crippen LogP contribution in [0.5, 0.6) is 0 Å². The molecule has 2 aromatic rings. The molecule has 1 N–H and O–H groups in total. The molecule has 0 aromatic heterocycles. The number of carbonyl (C=O) groups is 2. The van der Waals surface area contributed by atoms with E-state index in [0.717, 1.165) is 0 Å². The lowest BCUT2D eigenvalue weighted by molar-refractivity contribution is -0.152. The van der Waals surface area contributed by atoms with Crippen molar-refractivity contribution >= 4 is 29.2 Å². The van der Waals surface area contributed by atoms with Gasteiger partial charge in [-0.1, -0.05) is 35.9 Å². The summed E-state index contributed by atoms with van der Waals surface area (Å²) in [5.74, 6) is -1.65. The van der Waals surface area contributed by atoms with Gasteiger partial charge in [0.05, 0.1) is 6.42 Å². The lowest BCUT2D eigenvalue weighted by atomic mass is 10.1. The van der Waals surface area contributed by atoms with E-state index in [1.807, 2.05) is 0 Å². The number of halogens is 2. The fourth-order valence-corrected chi connectivity index (χ4v) is 2.09. The zero-order chi connectivity index (χ0) is 16.8. The second kappa shape index (κ2) is 7.74. The van der Waals surface area contributed by atoms with Crippen LogP contribution >= 0.6 is 11.6 Å². The van der Waals surface area contributed by atoms with Crippen molar-refractivity contribution < 1.29 is 18.7 Å². The molecule has 0 saturated carbocycles. The van der Waals surface area contributed by atoms with Crippen LogP contribution in [0, 0.1) is 5.82 Å². The average Bonchev–Trinajstić information content (AvgIpc) is 2.49. The van der Waals surface area contributed by atoms with Gasteiger partial charge in [0.25, 0.3) is 5.91 Å². The molecule has 0 aliphatic carbocycles. The number of ether oxygens (including phenoxy) is 1. The summed E-state index contributed by atoms with van der Waals surface area (Å²) in [5, 5.41) is 3.07. The Balaban J connectivity index is 1.90. The number of hydrogen-bond acceptors (Lipinski definition) is 3. The molecule has 0 bridgehead atoms. The molecule has 120 valence electrons. The zero-order valence-corrected chi connectivity index (χ0v) is 13.1. The van der Waals surface area contributed by atoms with Crippen molar-refractivity contribution in [3.8, 4) is 0 Å². The maximum atomic E-state index is 13.5. The standard InChI is InChI=1S/C17H15ClFNO3/c1-11(17(22)20-14-7-4-6-13(18)10-14)23-16(21)9-12-5-2-3-8-15(12)19/h2-8,10-11H,9H2,1H3,(H,20,22)/t11-/m0/s1. The predicted octanol–water partition coefficient (Wildman–Crippen LogP) is 3.59. The van der Waals surface area contributed by atoms with Gasteiger partial charge >= 0.3 is 5.97 Å². The van der Waals surface area contributed by atoms with Crippen molar-refractivity contribution in [3.63, 3.8) is 0 Å². The monoisotopic (exact) mass is 335 g/mol. The largest absolute Gasteiger partial charge is 0.452 e. The minimum absolute atomic E-state index is 0.222. The van der Waals surface area contributed by atoms with Crippen molar-refractivity contribution in [2.24, 2.45) is 0 Å². The molecule has 4 nitrogen and oxygen atoms in total. The first-order valence-corrected chi connectivity index (χ1v) is 7.33. The number of hydrogen-bond donors (Lipinski definition) is 1. The Labute approximate surface area is 138 Å². The lowest BCUT2D eigenvalue weighted by Gasteiger charge is -2.14. The van der Waals surface area contributed by atoms with Gasteiger partial charge in [0.1, 0.15) is 5.82 Å². The van der Waals surface area contributed by atoms with E-state index in [2.05, 4.69) is 5.32 Å². The number of rotatable bonds is 5. The minimum atomic E-state index is -1.01. The smallest absolute Gasteiger partial charge is 0.311 e. The van der Waals surface area contributed by atoms with Crippen molar-refractivity contribution in [1.29, 1.82) is 0 Å². The molecule has 6 heteroatoms. The summed E-state index contributed by atoms with van der Waals surface area (Å²) in [7, 11) is 0. The molecular weight excluding hydrogens is 321 g/mol. The van der Waals surface area contributed by atoms with Crippen LogP contribution in [0.15, 0.2) is 48.5 Å². The van der Waals surface area contributed by atoms with Crippen molar-refractivity contribution in [2.45, 2.75) is 19.4 Å². The van der Waals surface area contributed by atoms with Crippen LogP contribution < -0.4 is 5.32 Å². The second-order valence-corrected chi connectivity index (χ2v) is 5.34. The van der Waals surface area contributed by atoms with Gasteiger partial charge < -0.3 is 10.1 Å². The fraction of sp³-hybridized carbons (Fsp3) is 0.176. The highest BCUT2D eigenvalue weighted by Gasteiger charge is 2.19. The van der Waals surface area contributed by atoms with E-state index in [4.69, 9.17) is 16.3 Å². The normalized spacial score (nSPS) is 11.6. The third-order valence-electron chi connectivity index (χ3n) is 3.06. The molecular formula is C17H15ClFNO3. The Morgan fingerprint density at radius 3 is 2.65 bits per heavy atom. The zero-order valence-electron chi connectivity index (χ0n) is 12.4. The Bertz CT molecular complexity index is 720. The molecule has 0 aliphatic heterocycles. The first-order chi connectivity index (χ1) is 11.0. The lowest BCUT2D eigenvalue weighted by Crippen LogP contribution is -2.30. The number of benzene rings is 2. The minimum Gasteiger partial charge on any atom is -0.452 e. The van der Waals surface area contributed by atoms with E-state index >= 15 is 0 Å². The third-order valence-corrected chi connectivity index (χ3v) is 3.30. The van der Waals surface area contributed by atoms with Gasteiger partial charge in [0.15, 0.2) is 6.10 Å². The summed E-state index contributed by atoms with van der Waals surface area (Å²) in [6.45, 7) is 1.44. The molecule has 0 saturated heterocycles. The molecule has 0 heterocycles. The average molecular weight is 336 g/mol. The Morgan fingerprint density at radius 1 is 1.22 bits per heavy atom. The summed E-state index contributed by atoms with van der Waals surface area (Å²) in [6, 6.07) is 12.5. The molecule has 23 heavy (non-hydrogen) atoms. The SMILES string of the molecule is C[C@H](OC(=O)Cc1ccccc1F)C(=O)Nc1cccc(Cl)c1. The summed E-state index contributed by atoms with van der Waals surface area (Å²) in [5.41, 5.74) is 0.722. The number of esters is 1. The highest BCUT2D eigenvalue weighted by atomic mass is 35.5. The molecule has 0 radical (unpaired) electrons. The van der Waals surface area contributed by atoms with E-state index in [-0.39, 0.29) is 12.0 Å². The van der Waals surface area contributed by atoms with Gasteiger partial charge in [-0.2, -0.15) is 0 Å². The van der Waals surface area contributed by atoms with Crippen LogP contribution in [0.4, 0.5) is 10.1 Å². The molecule has 2 rings (SSSR count). The summed E-state index contributed by atoms with van der Waals surface area (Å²) in [6.07, 6.45) is -1.24. The Morgan fingerprint density at radius 2 is 1.96 bits per heavy atom. The number of nitrogens with one attached hydrogen (secondary N) is 1. The van der Waals surface area contributed by atoms with Crippen LogP contribution in [-0.2, 0) is 20.7 Å². The van der Waals surface area contributed by atoms with Crippen LogP contribution in [0.2, 0.25) is 5.02 Å². The number of carbonyl (C=O) groups excluding carboxylic acids is 2. The topological polar surface area (TPSA) is 55.4 Å². The number of amides is 1.